The zero-order valence-corrected chi connectivity index (χ0v) is 12.1. The van der Waals surface area contributed by atoms with Crippen LogP contribution in [0.4, 0.5) is 4.79 Å². The van der Waals surface area contributed by atoms with E-state index in [1.54, 1.807) is 4.90 Å². The van der Waals surface area contributed by atoms with Crippen LogP contribution in [0.25, 0.3) is 0 Å². The van der Waals surface area contributed by atoms with Crippen LogP contribution in [0.2, 0.25) is 0 Å². The second kappa shape index (κ2) is 7.95. The molecule has 0 aromatic rings. The van der Waals surface area contributed by atoms with Gasteiger partial charge < -0.3 is 15.3 Å². The molecule has 0 heterocycles. The molecule has 5 nitrogen and oxygen atoms in total. The number of carboxylic acid groups (broad SMARTS) is 1. The van der Waals surface area contributed by atoms with Gasteiger partial charge in [0.05, 0.1) is 0 Å². The molecule has 0 rings (SSSR count). The molecule has 0 spiro atoms. The van der Waals surface area contributed by atoms with Crippen molar-refractivity contribution >= 4 is 12.0 Å². The SMILES string of the molecule is CC[C@H](C)[C@H](NC(=O)N(CC)CC(C)C)C(=O)O. The first kappa shape index (κ1) is 16.7. The predicted octanol–water partition coefficient (Wildman–Crippen LogP) is 2.17. The summed E-state index contributed by atoms with van der Waals surface area (Å²) in [5.74, 6) is -0.690. The number of hydrogen-bond acceptors (Lipinski definition) is 2. The van der Waals surface area contributed by atoms with Crippen molar-refractivity contribution in [3.8, 4) is 0 Å². The summed E-state index contributed by atoms with van der Waals surface area (Å²) in [6.45, 7) is 10.9. The first-order chi connectivity index (χ1) is 8.33. The summed E-state index contributed by atoms with van der Waals surface area (Å²) in [5, 5.41) is 11.7. The molecular formula is C13H26N2O3. The number of carbonyl (C=O) groups is 2. The second-order valence-corrected chi connectivity index (χ2v) is 5.08. The van der Waals surface area contributed by atoms with Crippen LogP contribution in [0.15, 0.2) is 0 Å². The maximum Gasteiger partial charge on any atom is 0.326 e. The summed E-state index contributed by atoms with van der Waals surface area (Å²) in [5.41, 5.74) is 0. The Labute approximate surface area is 110 Å². The molecule has 0 aliphatic carbocycles. The molecule has 0 saturated heterocycles. The second-order valence-electron chi connectivity index (χ2n) is 5.08. The fourth-order valence-corrected chi connectivity index (χ4v) is 1.70. The van der Waals surface area contributed by atoms with Crippen molar-refractivity contribution < 1.29 is 14.7 Å². The summed E-state index contributed by atoms with van der Waals surface area (Å²) in [6.07, 6.45) is 0.716. The number of nitrogens with zero attached hydrogens (tertiary/aromatic N) is 1. The minimum absolute atomic E-state index is 0.0794. The lowest BCUT2D eigenvalue weighted by Crippen LogP contribution is -2.51. The number of aliphatic carboxylic acids is 1. The summed E-state index contributed by atoms with van der Waals surface area (Å²) >= 11 is 0. The highest BCUT2D eigenvalue weighted by Crippen LogP contribution is 2.09. The zero-order valence-electron chi connectivity index (χ0n) is 12.1. The minimum Gasteiger partial charge on any atom is -0.480 e. The Morgan fingerprint density at radius 3 is 2.11 bits per heavy atom. The zero-order chi connectivity index (χ0) is 14.3. The van der Waals surface area contributed by atoms with Crippen molar-refractivity contribution in [3.05, 3.63) is 0 Å². The minimum atomic E-state index is -0.974. The van der Waals surface area contributed by atoms with E-state index in [9.17, 15) is 9.59 Å². The van der Waals surface area contributed by atoms with Crippen LogP contribution < -0.4 is 5.32 Å². The molecule has 0 aliphatic rings. The van der Waals surface area contributed by atoms with Crippen LogP contribution in [0.3, 0.4) is 0 Å². The van der Waals surface area contributed by atoms with Crippen molar-refractivity contribution in [2.24, 2.45) is 11.8 Å². The number of carbonyl (C=O) groups excluding carboxylic acids is 1. The van der Waals surface area contributed by atoms with Crippen LogP contribution in [-0.2, 0) is 4.79 Å². The van der Waals surface area contributed by atoms with Gasteiger partial charge in [-0.15, -0.1) is 0 Å². The molecule has 0 unspecified atom stereocenters. The highest BCUT2D eigenvalue weighted by molar-refractivity contribution is 5.82. The maximum absolute atomic E-state index is 12.0. The van der Waals surface area contributed by atoms with Crippen molar-refractivity contribution in [2.45, 2.75) is 47.1 Å². The largest absolute Gasteiger partial charge is 0.480 e. The molecule has 2 atom stereocenters. The van der Waals surface area contributed by atoms with E-state index >= 15 is 0 Å². The Kier molecular flexibility index (Phi) is 7.39. The van der Waals surface area contributed by atoms with E-state index in [2.05, 4.69) is 5.32 Å². The van der Waals surface area contributed by atoms with Gasteiger partial charge >= 0.3 is 12.0 Å². The maximum atomic E-state index is 12.0. The van der Waals surface area contributed by atoms with E-state index in [1.807, 2.05) is 34.6 Å². The van der Waals surface area contributed by atoms with Crippen LogP contribution in [0.1, 0.15) is 41.0 Å². The molecule has 0 radical (unpaired) electrons. The summed E-state index contributed by atoms with van der Waals surface area (Å²) < 4.78 is 0. The third kappa shape index (κ3) is 5.38. The average molecular weight is 258 g/mol. The standard InChI is InChI=1S/C13H26N2O3/c1-6-10(5)11(12(16)17)14-13(18)15(7-2)8-9(3)4/h9-11H,6-8H2,1-5H3,(H,14,18)(H,16,17)/t10-,11-/m0/s1. The van der Waals surface area contributed by atoms with Gasteiger partial charge in [0, 0.05) is 13.1 Å². The summed E-state index contributed by atoms with van der Waals surface area (Å²) in [7, 11) is 0. The van der Waals surface area contributed by atoms with Crippen LogP contribution in [0, 0.1) is 11.8 Å². The van der Waals surface area contributed by atoms with Crippen molar-refractivity contribution in [1.82, 2.24) is 10.2 Å². The van der Waals surface area contributed by atoms with E-state index in [0.717, 1.165) is 0 Å². The van der Waals surface area contributed by atoms with Gasteiger partial charge in [-0.25, -0.2) is 9.59 Å². The predicted molar refractivity (Wildman–Crippen MR) is 71.5 cm³/mol. The Bertz CT molecular complexity index is 279. The van der Waals surface area contributed by atoms with Gasteiger partial charge in [0.15, 0.2) is 0 Å². The summed E-state index contributed by atoms with van der Waals surface area (Å²) in [6, 6.07) is -1.11. The molecule has 0 aliphatic heterocycles. The van der Waals surface area contributed by atoms with Gasteiger partial charge in [-0.3, -0.25) is 0 Å². The molecule has 2 N–H and O–H groups in total. The Balaban J connectivity index is 4.61. The Morgan fingerprint density at radius 1 is 1.22 bits per heavy atom. The smallest absolute Gasteiger partial charge is 0.326 e. The molecular weight excluding hydrogens is 232 g/mol. The Hall–Kier alpha value is -1.26. The highest BCUT2D eigenvalue weighted by atomic mass is 16.4. The van der Waals surface area contributed by atoms with Gasteiger partial charge in [0.25, 0.3) is 0 Å². The highest BCUT2D eigenvalue weighted by Gasteiger charge is 2.27. The molecule has 0 aromatic carbocycles. The van der Waals surface area contributed by atoms with E-state index < -0.39 is 12.0 Å². The first-order valence-electron chi connectivity index (χ1n) is 6.61. The van der Waals surface area contributed by atoms with Gasteiger partial charge in [-0.2, -0.15) is 0 Å². The average Bonchev–Trinajstić information content (AvgIpc) is 2.30. The Morgan fingerprint density at radius 2 is 1.78 bits per heavy atom. The van der Waals surface area contributed by atoms with E-state index in [1.165, 1.54) is 0 Å². The lowest BCUT2D eigenvalue weighted by atomic mass is 9.99. The van der Waals surface area contributed by atoms with Crippen molar-refractivity contribution in [2.75, 3.05) is 13.1 Å². The molecule has 106 valence electrons. The number of rotatable bonds is 7. The lowest BCUT2D eigenvalue weighted by Gasteiger charge is -2.27. The van der Waals surface area contributed by atoms with E-state index in [-0.39, 0.29) is 11.9 Å². The monoisotopic (exact) mass is 258 g/mol. The van der Waals surface area contributed by atoms with Crippen LogP contribution in [0.5, 0.6) is 0 Å². The third-order valence-corrected chi connectivity index (χ3v) is 3.01. The molecule has 5 heteroatoms. The topological polar surface area (TPSA) is 69.6 Å². The van der Waals surface area contributed by atoms with Crippen molar-refractivity contribution in [1.29, 1.82) is 0 Å². The quantitative estimate of drug-likeness (QED) is 0.735. The van der Waals surface area contributed by atoms with E-state index in [0.29, 0.717) is 25.4 Å². The van der Waals surface area contributed by atoms with Crippen LogP contribution in [-0.4, -0.2) is 41.1 Å². The molecule has 18 heavy (non-hydrogen) atoms. The first-order valence-corrected chi connectivity index (χ1v) is 6.61. The number of carboxylic acids is 1. The number of urea groups is 1. The fourth-order valence-electron chi connectivity index (χ4n) is 1.70. The van der Waals surface area contributed by atoms with Gasteiger partial charge in [0.1, 0.15) is 6.04 Å². The molecule has 2 amide bonds. The van der Waals surface area contributed by atoms with Gasteiger partial charge in [-0.05, 0) is 18.8 Å². The van der Waals surface area contributed by atoms with Crippen LogP contribution >= 0.6 is 0 Å². The molecule has 0 saturated carbocycles. The van der Waals surface area contributed by atoms with Gasteiger partial charge in [-0.1, -0.05) is 34.1 Å². The number of hydrogen-bond donors (Lipinski definition) is 2. The number of nitrogens with one attached hydrogen (secondary N) is 1. The fraction of sp³-hybridized carbons (Fsp3) is 0.846. The lowest BCUT2D eigenvalue weighted by molar-refractivity contribution is -0.140. The van der Waals surface area contributed by atoms with Gasteiger partial charge in [0.2, 0.25) is 0 Å². The normalized spacial score (nSPS) is 14.1. The molecule has 0 aromatic heterocycles. The third-order valence-electron chi connectivity index (χ3n) is 3.01. The summed E-state index contributed by atoms with van der Waals surface area (Å²) in [4.78, 5) is 24.8. The molecule has 0 fully saturated rings. The van der Waals surface area contributed by atoms with E-state index in [4.69, 9.17) is 5.11 Å². The number of amides is 2. The van der Waals surface area contributed by atoms with Crippen molar-refractivity contribution in [3.63, 3.8) is 0 Å². The molecule has 0 bridgehead atoms.